The largest absolute Gasteiger partial charge is 0.385 e. The molecule has 0 radical (unpaired) electrons. The van der Waals surface area contributed by atoms with E-state index in [0.29, 0.717) is 0 Å². The molecule has 0 aliphatic heterocycles. The monoisotopic (exact) mass is 226 g/mol. The van der Waals surface area contributed by atoms with Crippen molar-refractivity contribution in [3.63, 3.8) is 0 Å². The second-order valence-corrected chi connectivity index (χ2v) is 3.77. The zero-order chi connectivity index (χ0) is 11.6. The van der Waals surface area contributed by atoms with Crippen molar-refractivity contribution >= 4 is 0 Å². The van der Waals surface area contributed by atoms with E-state index in [4.69, 9.17) is 9.47 Å². The van der Waals surface area contributed by atoms with Crippen molar-refractivity contribution in [2.45, 2.75) is 19.5 Å². The minimum Gasteiger partial charge on any atom is -0.385 e. The molecule has 1 N–H and O–H groups in total. The van der Waals surface area contributed by atoms with Crippen LogP contribution in [-0.2, 0) is 22.6 Å². The van der Waals surface area contributed by atoms with E-state index in [0.717, 1.165) is 39.3 Å². The lowest BCUT2D eigenvalue weighted by Gasteiger charge is -2.03. The minimum absolute atomic E-state index is 0.758. The van der Waals surface area contributed by atoms with Crippen LogP contribution in [0, 0.1) is 0 Å². The fourth-order valence-electron chi connectivity index (χ4n) is 1.53. The van der Waals surface area contributed by atoms with Crippen LogP contribution >= 0.6 is 0 Å². The molecule has 1 rings (SSSR count). The molecule has 1 aromatic rings. The standard InChI is InChI=1S/C12H22N2O2/c1-15-8-3-6-14-7-4-12(11-14)10-13-5-9-16-2/h4,7,11,13H,3,5-6,8-10H2,1-2H3. The van der Waals surface area contributed by atoms with E-state index in [1.54, 1.807) is 14.2 Å². The summed E-state index contributed by atoms with van der Waals surface area (Å²) in [5, 5.41) is 3.32. The van der Waals surface area contributed by atoms with Crippen molar-refractivity contribution in [3.05, 3.63) is 24.0 Å². The number of hydrogen-bond donors (Lipinski definition) is 1. The number of rotatable bonds is 9. The average Bonchev–Trinajstić information content (AvgIpc) is 2.73. The van der Waals surface area contributed by atoms with Gasteiger partial charge in [-0.15, -0.1) is 0 Å². The summed E-state index contributed by atoms with van der Waals surface area (Å²) in [6.07, 6.45) is 5.35. The molecule has 1 heterocycles. The highest BCUT2D eigenvalue weighted by molar-refractivity contribution is 5.09. The fraction of sp³-hybridized carbons (Fsp3) is 0.667. The lowest BCUT2D eigenvalue weighted by molar-refractivity contribution is 0.190. The number of nitrogens with one attached hydrogen (secondary N) is 1. The molecule has 16 heavy (non-hydrogen) atoms. The summed E-state index contributed by atoms with van der Waals surface area (Å²) in [6.45, 7) is 4.39. The third kappa shape index (κ3) is 5.30. The first-order chi connectivity index (χ1) is 7.86. The minimum atomic E-state index is 0.758. The molecule has 4 nitrogen and oxygen atoms in total. The summed E-state index contributed by atoms with van der Waals surface area (Å²) in [6, 6.07) is 2.15. The molecule has 0 unspecified atom stereocenters. The average molecular weight is 226 g/mol. The van der Waals surface area contributed by atoms with E-state index in [9.17, 15) is 0 Å². The summed E-state index contributed by atoms with van der Waals surface area (Å²) in [4.78, 5) is 0. The first kappa shape index (κ1) is 13.2. The van der Waals surface area contributed by atoms with Crippen LogP contribution in [0.1, 0.15) is 12.0 Å². The Balaban J connectivity index is 2.17. The third-order valence-corrected chi connectivity index (χ3v) is 2.39. The van der Waals surface area contributed by atoms with Crippen molar-refractivity contribution in [1.82, 2.24) is 9.88 Å². The van der Waals surface area contributed by atoms with E-state index in [1.165, 1.54) is 5.56 Å². The van der Waals surface area contributed by atoms with Crippen molar-refractivity contribution in [2.75, 3.05) is 34.0 Å². The molecule has 0 amide bonds. The van der Waals surface area contributed by atoms with Crippen LogP contribution in [0.25, 0.3) is 0 Å². The Morgan fingerprint density at radius 1 is 1.25 bits per heavy atom. The molecule has 0 saturated heterocycles. The number of hydrogen-bond acceptors (Lipinski definition) is 3. The number of ether oxygens (including phenoxy) is 2. The Hall–Kier alpha value is -0.840. The highest BCUT2D eigenvalue weighted by atomic mass is 16.5. The molecule has 0 spiro atoms. The second-order valence-electron chi connectivity index (χ2n) is 3.77. The highest BCUT2D eigenvalue weighted by Crippen LogP contribution is 2.02. The summed E-state index contributed by atoms with van der Waals surface area (Å²) in [5.41, 5.74) is 1.31. The quantitative estimate of drug-likeness (QED) is 0.644. The van der Waals surface area contributed by atoms with Gasteiger partial charge in [0.2, 0.25) is 0 Å². The lowest BCUT2D eigenvalue weighted by atomic mass is 10.3. The van der Waals surface area contributed by atoms with Crippen molar-refractivity contribution in [2.24, 2.45) is 0 Å². The van der Waals surface area contributed by atoms with Crippen LogP contribution in [0.15, 0.2) is 18.5 Å². The third-order valence-electron chi connectivity index (χ3n) is 2.39. The smallest absolute Gasteiger partial charge is 0.0587 e. The summed E-state index contributed by atoms with van der Waals surface area (Å²) in [7, 11) is 3.45. The Kier molecular flexibility index (Phi) is 6.88. The predicted octanol–water partition coefficient (Wildman–Crippen LogP) is 1.26. The molecule has 0 bridgehead atoms. The molecule has 0 aliphatic carbocycles. The lowest BCUT2D eigenvalue weighted by Crippen LogP contribution is -2.18. The first-order valence-electron chi connectivity index (χ1n) is 5.70. The van der Waals surface area contributed by atoms with E-state index < -0.39 is 0 Å². The van der Waals surface area contributed by atoms with Crippen LogP contribution in [0.4, 0.5) is 0 Å². The van der Waals surface area contributed by atoms with Crippen molar-refractivity contribution < 1.29 is 9.47 Å². The topological polar surface area (TPSA) is 35.4 Å². The number of methoxy groups -OCH3 is 2. The Morgan fingerprint density at radius 2 is 2.06 bits per heavy atom. The molecule has 92 valence electrons. The van der Waals surface area contributed by atoms with Crippen LogP contribution in [-0.4, -0.2) is 38.5 Å². The normalized spacial score (nSPS) is 10.9. The second kappa shape index (κ2) is 8.33. The van der Waals surface area contributed by atoms with Gasteiger partial charge in [0, 0.05) is 52.9 Å². The zero-order valence-corrected chi connectivity index (χ0v) is 10.2. The molecular formula is C12H22N2O2. The van der Waals surface area contributed by atoms with E-state index in [-0.39, 0.29) is 0 Å². The van der Waals surface area contributed by atoms with Gasteiger partial charge in [0.25, 0.3) is 0 Å². The van der Waals surface area contributed by atoms with Gasteiger partial charge in [-0.3, -0.25) is 0 Å². The van der Waals surface area contributed by atoms with Gasteiger partial charge in [-0.25, -0.2) is 0 Å². The first-order valence-corrected chi connectivity index (χ1v) is 5.70. The predicted molar refractivity (Wildman–Crippen MR) is 64.5 cm³/mol. The van der Waals surface area contributed by atoms with E-state index in [1.807, 2.05) is 0 Å². The maximum absolute atomic E-state index is 5.02. The summed E-state index contributed by atoms with van der Waals surface area (Å²) < 4.78 is 12.2. The van der Waals surface area contributed by atoms with Crippen LogP contribution < -0.4 is 5.32 Å². The van der Waals surface area contributed by atoms with Gasteiger partial charge in [-0.2, -0.15) is 0 Å². The van der Waals surface area contributed by atoms with Gasteiger partial charge < -0.3 is 19.4 Å². The maximum Gasteiger partial charge on any atom is 0.0587 e. The SMILES string of the molecule is COCCCn1ccc(CNCCOC)c1. The Morgan fingerprint density at radius 3 is 2.81 bits per heavy atom. The molecule has 4 heteroatoms. The van der Waals surface area contributed by atoms with Crippen molar-refractivity contribution in [1.29, 1.82) is 0 Å². The molecule has 0 aliphatic rings. The number of nitrogens with zero attached hydrogens (tertiary/aromatic N) is 1. The molecule has 0 saturated carbocycles. The van der Waals surface area contributed by atoms with Gasteiger partial charge in [-0.05, 0) is 18.1 Å². The zero-order valence-electron chi connectivity index (χ0n) is 10.2. The van der Waals surface area contributed by atoms with Crippen LogP contribution in [0.5, 0.6) is 0 Å². The van der Waals surface area contributed by atoms with E-state index >= 15 is 0 Å². The molecule has 0 fully saturated rings. The molecule has 1 aromatic heterocycles. The van der Waals surface area contributed by atoms with Gasteiger partial charge in [0.05, 0.1) is 6.61 Å². The molecular weight excluding hydrogens is 204 g/mol. The van der Waals surface area contributed by atoms with Crippen LogP contribution in [0.2, 0.25) is 0 Å². The summed E-state index contributed by atoms with van der Waals surface area (Å²) in [5.74, 6) is 0. The highest BCUT2D eigenvalue weighted by Gasteiger charge is 1.96. The fourth-order valence-corrected chi connectivity index (χ4v) is 1.53. The van der Waals surface area contributed by atoms with Crippen LogP contribution in [0.3, 0.4) is 0 Å². The van der Waals surface area contributed by atoms with Gasteiger partial charge in [-0.1, -0.05) is 0 Å². The van der Waals surface area contributed by atoms with Gasteiger partial charge in [0.15, 0.2) is 0 Å². The number of aromatic nitrogens is 1. The Bertz CT molecular complexity index is 274. The Labute approximate surface area is 97.5 Å². The van der Waals surface area contributed by atoms with Crippen molar-refractivity contribution in [3.8, 4) is 0 Å². The van der Waals surface area contributed by atoms with E-state index in [2.05, 4.69) is 28.3 Å². The molecule has 0 atom stereocenters. The number of aryl methyl sites for hydroxylation is 1. The summed E-state index contributed by atoms with van der Waals surface area (Å²) >= 11 is 0. The van der Waals surface area contributed by atoms with Gasteiger partial charge >= 0.3 is 0 Å². The van der Waals surface area contributed by atoms with Gasteiger partial charge in [0.1, 0.15) is 0 Å². The molecule has 0 aromatic carbocycles. The maximum atomic E-state index is 5.02.